The number of likely N-dealkylation sites (tertiary alicyclic amines) is 1. The zero-order chi connectivity index (χ0) is 21.3. The van der Waals surface area contributed by atoms with Crippen LogP contribution < -0.4 is 9.62 Å². The van der Waals surface area contributed by atoms with Gasteiger partial charge in [0.15, 0.2) is 0 Å². The highest BCUT2D eigenvalue weighted by Gasteiger charge is 2.36. The van der Waals surface area contributed by atoms with Crippen molar-refractivity contribution in [1.29, 1.82) is 0 Å². The van der Waals surface area contributed by atoms with Gasteiger partial charge < -0.3 is 9.73 Å². The molecule has 160 valence electrons. The van der Waals surface area contributed by atoms with Gasteiger partial charge in [0.1, 0.15) is 5.76 Å². The van der Waals surface area contributed by atoms with Gasteiger partial charge in [0.05, 0.1) is 34.3 Å². The van der Waals surface area contributed by atoms with E-state index in [2.05, 4.69) is 10.2 Å². The van der Waals surface area contributed by atoms with Crippen molar-refractivity contribution in [1.82, 2.24) is 10.2 Å². The quantitative estimate of drug-likeness (QED) is 0.724. The fourth-order valence-corrected chi connectivity index (χ4v) is 5.62. The maximum Gasteiger partial charge on any atom is 0.252 e. The second-order valence-electron chi connectivity index (χ2n) is 7.37. The summed E-state index contributed by atoms with van der Waals surface area (Å²) >= 11 is 6.26. The SMILES string of the molecule is O=C(NCC(c1ccco1)N1CCCC1)c1ccc(N2C(=O)CCS2(=O)=O)cc1Cl. The van der Waals surface area contributed by atoms with Crippen molar-refractivity contribution in [3.8, 4) is 0 Å². The maximum absolute atomic E-state index is 12.7. The van der Waals surface area contributed by atoms with Gasteiger partial charge in [0, 0.05) is 13.0 Å². The fraction of sp³-hybridized carbons (Fsp3) is 0.400. The van der Waals surface area contributed by atoms with Crippen LogP contribution in [0.1, 0.15) is 41.4 Å². The van der Waals surface area contributed by atoms with Crippen molar-refractivity contribution >= 4 is 39.1 Å². The van der Waals surface area contributed by atoms with Crippen LogP contribution in [-0.4, -0.2) is 50.5 Å². The number of anilines is 1. The van der Waals surface area contributed by atoms with Crippen LogP contribution in [0.15, 0.2) is 41.0 Å². The molecular formula is C20H22ClN3O5S. The van der Waals surface area contributed by atoms with Gasteiger partial charge in [-0.2, -0.15) is 0 Å². The molecule has 10 heteroatoms. The highest BCUT2D eigenvalue weighted by atomic mass is 35.5. The highest BCUT2D eigenvalue weighted by Crippen LogP contribution is 2.30. The van der Waals surface area contributed by atoms with Gasteiger partial charge in [0.2, 0.25) is 15.9 Å². The van der Waals surface area contributed by atoms with E-state index in [-0.39, 0.29) is 40.4 Å². The molecule has 2 aliphatic heterocycles. The van der Waals surface area contributed by atoms with Gasteiger partial charge in [-0.15, -0.1) is 0 Å². The van der Waals surface area contributed by atoms with Crippen LogP contribution in [-0.2, 0) is 14.8 Å². The standard InChI is InChI=1S/C20H22ClN3O5S/c21-16-12-14(24-19(25)7-11-30(24,27)28)5-6-15(16)20(26)22-13-17(18-4-3-10-29-18)23-8-1-2-9-23/h3-6,10,12,17H,1-2,7-9,11,13H2,(H,22,26). The lowest BCUT2D eigenvalue weighted by Crippen LogP contribution is -2.36. The Bertz CT molecular complexity index is 1050. The summed E-state index contributed by atoms with van der Waals surface area (Å²) in [4.78, 5) is 27.0. The van der Waals surface area contributed by atoms with Gasteiger partial charge in [0.25, 0.3) is 5.91 Å². The first-order valence-electron chi connectivity index (χ1n) is 9.78. The van der Waals surface area contributed by atoms with E-state index in [9.17, 15) is 18.0 Å². The molecule has 4 rings (SSSR count). The van der Waals surface area contributed by atoms with Crippen molar-refractivity contribution < 1.29 is 22.4 Å². The van der Waals surface area contributed by atoms with Gasteiger partial charge >= 0.3 is 0 Å². The summed E-state index contributed by atoms with van der Waals surface area (Å²) in [6, 6.07) is 7.84. The van der Waals surface area contributed by atoms with E-state index >= 15 is 0 Å². The predicted octanol–water partition coefficient (Wildman–Crippen LogP) is 2.57. The predicted molar refractivity (Wildman–Crippen MR) is 112 cm³/mol. The monoisotopic (exact) mass is 451 g/mol. The Balaban J connectivity index is 1.49. The molecule has 0 radical (unpaired) electrons. The lowest BCUT2D eigenvalue weighted by Gasteiger charge is -2.26. The zero-order valence-corrected chi connectivity index (χ0v) is 17.8. The minimum absolute atomic E-state index is 0.0626. The summed E-state index contributed by atoms with van der Waals surface area (Å²) in [5.74, 6) is -0.319. The minimum Gasteiger partial charge on any atom is -0.468 e. The van der Waals surface area contributed by atoms with Crippen LogP contribution in [0.3, 0.4) is 0 Å². The molecule has 30 heavy (non-hydrogen) atoms. The lowest BCUT2D eigenvalue weighted by molar-refractivity contribution is -0.116. The molecule has 1 N–H and O–H groups in total. The molecule has 1 aromatic heterocycles. The summed E-state index contributed by atoms with van der Waals surface area (Å²) in [5, 5.41) is 2.97. The van der Waals surface area contributed by atoms with Crippen molar-refractivity contribution in [2.24, 2.45) is 0 Å². The highest BCUT2D eigenvalue weighted by molar-refractivity contribution is 7.94. The topological polar surface area (TPSA) is 99.9 Å². The number of amides is 2. The van der Waals surface area contributed by atoms with Gasteiger partial charge in [-0.3, -0.25) is 14.5 Å². The number of nitrogens with one attached hydrogen (secondary N) is 1. The third-order valence-electron chi connectivity index (χ3n) is 5.42. The Kier molecular flexibility index (Phi) is 5.86. The normalized spacial score (nSPS) is 19.9. The molecule has 1 aromatic carbocycles. The smallest absolute Gasteiger partial charge is 0.252 e. The first kappa shape index (κ1) is 20.9. The van der Waals surface area contributed by atoms with Crippen LogP contribution in [0.4, 0.5) is 5.69 Å². The Morgan fingerprint density at radius 2 is 2.00 bits per heavy atom. The molecule has 2 amide bonds. The zero-order valence-electron chi connectivity index (χ0n) is 16.2. The summed E-state index contributed by atoms with van der Waals surface area (Å²) in [5.41, 5.74) is 0.355. The molecule has 2 saturated heterocycles. The van der Waals surface area contributed by atoms with E-state index in [0.29, 0.717) is 6.54 Å². The van der Waals surface area contributed by atoms with E-state index < -0.39 is 15.9 Å². The molecule has 2 aliphatic rings. The van der Waals surface area contributed by atoms with Crippen molar-refractivity contribution in [3.63, 3.8) is 0 Å². The van der Waals surface area contributed by atoms with Crippen LogP contribution in [0, 0.1) is 0 Å². The van der Waals surface area contributed by atoms with E-state index in [1.807, 2.05) is 12.1 Å². The summed E-state index contributed by atoms with van der Waals surface area (Å²) in [7, 11) is -3.69. The molecule has 1 unspecified atom stereocenters. The Hall–Kier alpha value is -2.36. The van der Waals surface area contributed by atoms with Crippen molar-refractivity contribution in [2.45, 2.75) is 25.3 Å². The number of halogens is 1. The largest absolute Gasteiger partial charge is 0.468 e. The first-order valence-corrected chi connectivity index (χ1v) is 11.8. The molecule has 0 saturated carbocycles. The third kappa shape index (κ3) is 4.10. The Morgan fingerprint density at radius 3 is 2.60 bits per heavy atom. The summed E-state index contributed by atoms with van der Waals surface area (Å²) in [6.45, 7) is 2.23. The number of rotatable bonds is 6. The van der Waals surface area contributed by atoms with Gasteiger partial charge in [-0.1, -0.05) is 11.6 Å². The second kappa shape index (κ2) is 8.41. The number of carbonyl (C=O) groups excluding carboxylic acids is 2. The Morgan fingerprint density at radius 1 is 1.23 bits per heavy atom. The van der Waals surface area contributed by atoms with E-state index in [4.69, 9.17) is 16.0 Å². The second-order valence-corrected chi connectivity index (χ2v) is 9.72. The molecule has 3 heterocycles. The van der Waals surface area contributed by atoms with Gasteiger partial charge in [-0.25, -0.2) is 12.7 Å². The van der Waals surface area contributed by atoms with Crippen LogP contribution in [0.5, 0.6) is 0 Å². The van der Waals surface area contributed by atoms with Crippen molar-refractivity contribution in [3.05, 3.63) is 52.9 Å². The number of hydrogen-bond acceptors (Lipinski definition) is 6. The lowest BCUT2D eigenvalue weighted by atomic mass is 10.1. The number of sulfonamides is 1. The van der Waals surface area contributed by atoms with Crippen LogP contribution >= 0.6 is 11.6 Å². The number of hydrogen-bond donors (Lipinski definition) is 1. The van der Waals surface area contributed by atoms with E-state index in [0.717, 1.165) is 36.0 Å². The maximum atomic E-state index is 12.7. The molecule has 2 fully saturated rings. The average Bonchev–Trinajstić information content (AvgIpc) is 3.45. The van der Waals surface area contributed by atoms with E-state index in [1.165, 1.54) is 18.2 Å². The number of benzene rings is 1. The van der Waals surface area contributed by atoms with Gasteiger partial charge in [-0.05, 0) is 56.3 Å². The molecular weight excluding hydrogens is 430 g/mol. The minimum atomic E-state index is -3.69. The Labute approximate surface area is 179 Å². The van der Waals surface area contributed by atoms with Crippen molar-refractivity contribution in [2.75, 3.05) is 29.7 Å². The molecule has 1 atom stereocenters. The van der Waals surface area contributed by atoms with E-state index in [1.54, 1.807) is 6.26 Å². The number of furan rings is 1. The third-order valence-corrected chi connectivity index (χ3v) is 7.42. The average molecular weight is 452 g/mol. The summed E-state index contributed by atoms with van der Waals surface area (Å²) < 4.78 is 30.5. The first-order chi connectivity index (χ1) is 14.4. The number of nitrogens with zero attached hydrogens (tertiary/aromatic N) is 2. The fourth-order valence-electron chi connectivity index (χ4n) is 3.91. The number of carbonyl (C=O) groups is 2. The molecule has 0 aliphatic carbocycles. The molecule has 0 spiro atoms. The molecule has 0 bridgehead atoms. The van der Waals surface area contributed by atoms with Crippen LogP contribution in [0.25, 0.3) is 0 Å². The molecule has 8 nitrogen and oxygen atoms in total. The molecule has 2 aromatic rings. The van der Waals surface area contributed by atoms with Crippen LogP contribution in [0.2, 0.25) is 5.02 Å². The summed E-state index contributed by atoms with van der Waals surface area (Å²) in [6.07, 6.45) is 3.77.